The van der Waals surface area contributed by atoms with Crippen molar-refractivity contribution < 1.29 is 9.53 Å². The Morgan fingerprint density at radius 3 is 2.33 bits per heavy atom. The summed E-state index contributed by atoms with van der Waals surface area (Å²) in [6, 6.07) is 0.0987. The van der Waals surface area contributed by atoms with Crippen LogP contribution in [0.3, 0.4) is 0 Å². The Morgan fingerprint density at radius 1 is 1.40 bits per heavy atom. The molecule has 1 unspecified atom stereocenters. The minimum atomic E-state index is 0. The smallest absolute Gasteiger partial charge is 0.224 e. The quantitative estimate of drug-likeness (QED) is 0.752. The van der Waals surface area contributed by atoms with Crippen LogP contribution in [0, 0.1) is 0 Å². The van der Waals surface area contributed by atoms with E-state index in [1.807, 2.05) is 20.8 Å². The fourth-order valence-corrected chi connectivity index (χ4v) is 0.962. The van der Waals surface area contributed by atoms with Crippen LogP contribution in [0.15, 0.2) is 0 Å². The van der Waals surface area contributed by atoms with Crippen molar-refractivity contribution in [2.75, 3.05) is 20.2 Å². The molecule has 0 aliphatic rings. The highest BCUT2D eigenvalue weighted by Crippen LogP contribution is 1.99. The SMILES string of the molecule is CC(C)OCCC(=O)N(C)C(C)CN.Cl. The maximum Gasteiger partial charge on any atom is 0.224 e. The monoisotopic (exact) mass is 238 g/mol. The van der Waals surface area contributed by atoms with Crippen LogP contribution in [0.4, 0.5) is 0 Å². The van der Waals surface area contributed by atoms with Gasteiger partial charge in [-0.15, -0.1) is 12.4 Å². The second-order valence-electron chi connectivity index (χ2n) is 3.76. The second kappa shape index (κ2) is 8.95. The van der Waals surface area contributed by atoms with Crippen LogP contribution in [0.2, 0.25) is 0 Å². The zero-order chi connectivity index (χ0) is 11.1. The van der Waals surface area contributed by atoms with Crippen molar-refractivity contribution in [3.8, 4) is 0 Å². The molecule has 15 heavy (non-hydrogen) atoms. The van der Waals surface area contributed by atoms with Gasteiger partial charge in [-0.1, -0.05) is 0 Å². The van der Waals surface area contributed by atoms with E-state index in [9.17, 15) is 4.79 Å². The highest BCUT2D eigenvalue weighted by Gasteiger charge is 2.13. The van der Waals surface area contributed by atoms with E-state index in [1.165, 1.54) is 0 Å². The lowest BCUT2D eigenvalue weighted by molar-refractivity contribution is -0.132. The van der Waals surface area contributed by atoms with Gasteiger partial charge in [0.05, 0.1) is 19.1 Å². The number of nitrogens with two attached hydrogens (primary N) is 1. The van der Waals surface area contributed by atoms with Crippen LogP contribution in [0.25, 0.3) is 0 Å². The third-order valence-corrected chi connectivity index (χ3v) is 2.16. The standard InChI is InChI=1S/C10H22N2O2.ClH/c1-8(2)14-6-5-10(13)12(4)9(3)7-11;/h8-9H,5-7,11H2,1-4H3;1H. The molecule has 0 fully saturated rings. The molecule has 4 nitrogen and oxygen atoms in total. The Hall–Kier alpha value is -0.320. The molecule has 0 rings (SSSR count). The van der Waals surface area contributed by atoms with Crippen molar-refractivity contribution in [1.82, 2.24) is 4.90 Å². The molecule has 0 aliphatic heterocycles. The molecule has 1 amide bonds. The molecule has 1 atom stereocenters. The molecule has 0 aromatic carbocycles. The summed E-state index contributed by atoms with van der Waals surface area (Å²) >= 11 is 0. The van der Waals surface area contributed by atoms with Crippen LogP contribution in [-0.4, -0.2) is 43.2 Å². The van der Waals surface area contributed by atoms with Crippen molar-refractivity contribution in [2.45, 2.75) is 39.3 Å². The Labute approximate surface area is 98.6 Å². The number of amides is 1. The van der Waals surface area contributed by atoms with Crippen molar-refractivity contribution in [2.24, 2.45) is 5.73 Å². The molecule has 0 aromatic heterocycles. The molecule has 92 valence electrons. The number of carbonyl (C=O) groups is 1. The molecule has 0 aliphatic carbocycles. The van der Waals surface area contributed by atoms with E-state index in [0.29, 0.717) is 19.6 Å². The summed E-state index contributed by atoms with van der Waals surface area (Å²) in [5, 5.41) is 0. The third kappa shape index (κ3) is 7.59. The zero-order valence-corrected chi connectivity index (χ0v) is 10.8. The fraction of sp³-hybridized carbons (Fsp3) is 0.900. The van der Waals surface area contributed by atoms with Gasteiger partial charge in [-0.3, -0.25) is 4.79 Å². The van der Waals surface area contributed by atoms with Gasteiger partial charge in [-0.2, -0.15) is 0 Å². The molecule has 0 spiro atoms. The Morgan fingerprint density at radius 2 is 1.93 bits per heavy atom. The molecule has 0 bridgehead atoms. The summed E-state index contributed by atoms with van der Waals surface area (Å²) in [7, 11) is 1.77. The zero-order valence-electron chi connectivity index (χ0n) is 10.0. The normalized spacial score (nSPS) is 12.1. The van der Waals surface area contributed by atoms with Gasteiger partial charge in [-0.25, -0.2) is 0 Å². The van der Waals surface area contributed by atoms with E-state index in [0.717, 1.165) is 0 Å². The summed E-state index contributed by atoms with van der Waals surface area (Å²) < 4.78 is 5.30. The van der Waals surface area contributed by atoms with E-state index in [2.05, 4.69) is 0 Å². The van der Waals surface area contributed by atoms with Crippen molar-refractivity contribution in [3.63, 3.8) is 0 Å². The molecule has 0 saturated carbocycles. The summed E-state index contributed by atoms with van der Waals surface area (Å²) in [5.74, 6) is 0.0867. The first kappa shape index (κ1) is 17.1. The number of carbonyl (C=O) groups excluding carboxylic acids is 1. The average Bonchev–Trinajstić information content (AvgIpc) is 2.14. The molecule has 0 aromatic rings. The number of ether oxygens (including phenoxy) is 1. The summed E-state index contributed by atoms with van der Waals surface area (Å²) in [6.07, 6.45) is 0.610. The number of hydrogen-bond donors (Lipinski definition) is 1. The van der Waals surface area contributed by atoms with Crippen LogP contribution >= 0.6 is 12.4 Å². The highest BCUT2D eigenvalue weighted by molar-refractivity contribution is 5.85. The molecule has 0 saturated heterocycles. The molecule has 0 heterocycles. The highest BCUT2D eigenvalue weighted by atomic mass is 35.5. The van der Waals surface area contributed by atoms with Crippen molar-refractivity contribution in [1.29, 1.82) is 0 Å². The number of rotatable bonds is 6. The predicted molar refractivity (Wildman–Crippen MR) is 64.2 cm³/mol. The number of nitrogens with zero attached hydrogens (tertiary/aromatic N) is 1. The second-order valence-corrected chi connectivity index (χ2v) is 3.76. The Bertz CT molecular complexity index is 177. The van der Waals surface area contributed by atoms with E-state index in [-0.39, 0.29) is 30.5 Å². The molecule has 0 radical (unpaired) electrons. The average molecular weight is 239 g/mol. The molecule has 5 heteroatoms. The van der Waals surface area contributed by atoms with Gasteiger partial charge >= 0.3 is 0 Å². The van der Waals surface area contributed by atoms with Gasteiger partial charge in [0.1, 0.15) is 0 Å². The van der Waals surface area contributed by atoms with Crippen LogP contribution in [0.1, 0.15) is 27.2 Å². The van der Waals surface area contributed by atoms with Gasteiger partial charge in [0.15, 0.2) is 0 Å². The van der Waals surface area contributed by atoms with E-state index in [4.69, 9.17) is 10.5 Å². The van der Waals surface area contributed by atoms with Gasteiger partial charge in [0.25, 0.3) is 0 Å². The first-order valence-electron chi connectivity index (χ1n) is 5.06. The summed E-state index contributed by atoms with van der Waals surface area (Å²) in [4.78, 5) is 13.2. The Balaban J connectivity index is 0. The van der Waals surface area contributed by atoms with Crippen LogP contribution < -0.4 is 5.73 Å². The third-order valence-electron chi connectivity index (χ3n) is 2.16. The van der Waals surface area contributed by atoms with Crippen LogP contribution in [-0.2, 0) is 9.53 Å². The first-order chi connectivity index (χ1) is 6.49. The fourth-order valence-electron chi connectivity index (χ4n) is 0.962. The lowest BCUT2D eigenvalue weighted by atomic mass is 10.2. The summed E-state index contributed by atoms with van der Waals surface area (Å²) in [5.41, 5.74) is 5.46. The minimum Gasteiger partial charge on any atom is -0.378 e. The maximum atomic E-state index is 11.5. The van der Waals surface area contributed by atoms with Gasteiger partial charge in [0, 0.05) is 19.6 Å². The number of halogens is 1. The largest absolute Gasteiger partial charge is 0.378 e. The lowest BCUT2D eigenvalue weighted by Crippen LogP contribution is -2.40. The van der Waals surface area contributed by atoms with Gasteiger partial charge in [-0.05, 0) is 20.8 Å². The molecule has 2 N–H and O–H groups in total. The summed E-state index contributed by atoms with van der Waals surface area (Å²) in [6.45, 7) is 6.82. The van der Waals surface area contributed by atoms with E-state index >= 15 is 0 Å². The van der Waals surface area contributed by atoms with Gasteiger partial charge < -0.3 is 15.4 Å². The topological polar surface area (TPSA) is 55.6 Å². The first-order valence-corrected chi connectivity index (χ1v) is 5.06. The number of hydrogen-bond acceptors (Lipinski definition) is 3. The number of likely N-dealkylation sites (N-methyl/N-ethyl adjacent to an activating group) is 1. The maximum absolute atomic E-state index is 11.5. The van der Waals surface area contributed by atoms with Crippen molar-refractivity contribution in [3.05, 3.63) is 0 Å². The molecular formula is C10H23ClN2O2. The van der Waals surface area contributed by atoms with Gasteiger partial charge in [0.2, 0.25) is 5.91 Å². The predicted octanol–water partition coefficient (Wildman–Crippen LogP) is 1.03. The van der Waals surface area contributed by atoms with E-state index in [1.54, 1.807) is 11.9 Å². The van der Waals surface area contributed by atoms with Crippen molar-refractivity contribution >= 4 is 18.3 Å². The van der Waals surface area contributed by atoms with E-state index < -0.39 is 0 Å². The lowest BCUT2D eigenvalue weighted by Gasteiger charge is -2.23. The Kier molecular flexibility index (Phi) is 10.2. The van der Waals surface area contributed by atoms with Crippen LogP contribution in [0.5, 0.6) is 0 Å². The molecular weight excluding hydrogens is 216 g/mol. The minimum absolute atomic E-state index is 0.